The van der Waals surface area contributed by atoms with Gasteiger partial charge in [0.25, 0.3) is 0 Å². The van der Waals surface area contributed by atoms with Crippen molar-refractivity contribution in [2.45, 2.75) is 77.9 Å². The zero-order chi connectivity index (χ0) is 22.6. The molecule has 1 nitrogen and oxygen atoms in total. The molecule has 1 aliphatic carbocycles. The average molecular weight is 441 g/mol. The van der Waals surface area contributed by atoms with Gasteiger partial charge in [0.1, 0.15) is 5.75 Å². The first-order chi connectivity index (χ1) is 13.8. The molecule has 30 heavy (non-hydrogen) atoms. The van der Waals surface area contributed by atoms with Gasteiger partial charge in [0.2, 0.25) is 0 Å². The van der Waals surface area contributed by atoms with Gasteiger partial charge >= 0.3 is 0 Å². The van der Waals surface area contributed by atoms with E-state index in [0.717, 1.165) is 10.8 Å². The maximum Gasteiger partial charge on any atom is 0.123 e. The molecule has 2 aromatic rings. The van der Waals surface area contributed by atoms with Crippen molar-refractivity contribution in [3.63, 3.8) is 0 Å². The van der Waals surface area contributed by atoms with Crippen molar-refractivity contribution in [1.82, 2.24) is 0 Å². The van der Waals surface area contributed by atoms with Crippen LogP contribution in [0.2, 0.25) is 13.1 Å². The standard InChI is InChI=1S/C27H37ClOSi/c1-16-24(28)22-20(11-12-21(29-8)23(22)25(16)30(9)10)17-13-18(26(2,3)4)15-19(14-17)27(5,6)7/h11-15,25,30H,1-10H3. The Morgan fingerprint density at radius 3 is 1.87 bits per heavy atom. The van der Waals surface area contributed by atoms with E-state index < -0.39 is 8.80 Å². The predicted molar refractivity (Wildman–Crippen MR) is 136 cm³/mol. The summed E-state index contributed by atoms with van der Waals surface area (Å²) in [6, 6.07) is 11.4. The minimum Gasteiger partial charge on any atom is -0.496 e. The highest BCUT2D eigenvalue weighted by molar-refractivity contribution is 6.61. The van der Waals surface area contributed by atoms with E-state index >= 15 is 0 Å². The number of fused-ring (bicyclic) bond motifs is 1. The van der Waals surface area contributed by atoms with Gasteiger partial charge in [0.15, 0.2) is 0 Å². The third kappa shape index (κ3) is 4.01. The lowest BCUT2D eigenvalue weighted by atomic mass is 9.78. The summed E-state index contributed by atoms with van der Waals surface area (Å²) in [5.74, 6) is 0.970. The van der Waals surface area contributed by atoms with Crippen molar-refractivity contribution in [1.29, 1.82) is 0 Å². The third-order valence-corrected chi connectivity index (χ3v) is 9.07. The van der Waals surface area contributed by atoms with Crippen LogP contribution in [0.15, 0.2) is 35.9 Å². The zero-order valence-corrected chi connectivity index (χ0v) is 22.2. The molecule has 0 bridgehead atoms. The van der Waals surface area contributed by atoms with E-state index in [9.17, 15) is 0 Å². The van der Waals surface area contributed by atoms with Gasteiger partial charge in [0.05, 0.1) is 7.11 Å². The molecule has 0 aromatic heterocycles. The van der Waals surface area contributed by atoms with E-state index in [2.05, 4.69) is 91.9 Å². The number of hydrogen-bond donors (Lipinski definition) is 0. The summed E-state index contributed by atoms with van der Waals surface area (Å²) in [6.45, 7) is 20.7. The summed E-state index contributed by atoms with van der Waals surface area (Å²) >= 11 is 7.02. The number of halogens is 1. The highest BCUT2D eigenvalue weighted by Gasteiger charge is 2.35. The molecule has 162 valence electrons. The molecule has 0 saturated carbocycles. The van der Waals surface area contributed by atoms with Gasteiger partial charge in [-0.3, -0.25) is 0 Å². The van der Waals surface area contributed by atoms with E-state index in [4.69, 9.17) is 16.3 Å². The summed E-state index contributed by atoms with van der Waals surface area (Å²) in [7, 11) is 0.762. The Morgan fingerprint density at radius 1 is 0.900 bits per heavy atom. The van der Waals surface area contributed by atoms with Crippen molar-refractivity contribution >= 4 is 25.4 Å². The van der Waals surface area contributed by atoms with Crippen LogP contribution in [0, 0.1) is 0 Å². The van der Waals surface area contributed by atoms with Crippen LogP contribution in [-0.4, -0.2) is 15.9 Å². The van der Waals surface area contributed by atoms with Gasteiger partial charge in [-0.1, -0.05) is 90.5 Å². The lowest BCUT2D eigenvalue weighted by molar-refractivity contribution is 0.410. The molecule has 0 aliphatic heterocycles. The predicted octanol–water partition coefficient (Wildman–Crippen LogP) is 8.05. The maximum absolute atomic E-state index is 7.02. The molecule has 0 spiro atoms. The normalized spacial score (nSPS) is 17.0. The second kappa shape index (κ2) is 7.87. The fourth-order valence-electron chi connectivity index (χ4n) is 4.60. The van der Waals surface area contributed by atoms with E-state index in [1.54, 1.807) is 7.11 Å². The first-order valence-electron chi connectivity index (χ1n) is 11.0. The van der Waals surface area contributed by atoms with Gasteiger partial charge in [0, 0.05) is 30.5 Å². The Balaban J connectivity index is 2.36. The molecule has 0 heterocycles. The Bertz CT molecular complexity index is 970. The molecule has 1 unspecified atom stereocenters. The molecule has 2 aromatic carbocycles. The summed E-state index contributed by atoms with van der Waals surface area (Å²) in [5, 5.41) is 0.920. The minimum atomic E-state index is -1.01. The molecule has 0 N–H and O–H groups in total. The Hall–Kier alpha value is -1.51. The number of allylic oxidation sites excluding steroid dienone is 1. The molecule has 0 fully saturated rings. The molecule has 1 atom stereocenters. The van der Waals surface area contributed by atoms with E-state index in [1.165, 1.54) is 39.0 Å². The van der Waals surface area contributed by atoms with Crippen molar-refractivity contribution in [2.24, 2.45) is 0 Å². The van der Waals surface area contributed by atoms with Gasteiger partial charge in [-0.05, 0) is 51.6 Å². The number of benzene rings is 2. The van der Waals surface area contributed by atoms with Crippen LogP contribution in [0.4, 0.5) is 0 Å². The summed E-state index contributed by atoms with van der Waals surface area (Å²) in [5.41, 5.74) is 9.58. The van der Waals surface area contributed by atoms with Crippen LogP contribution in [-0.2, 0) is 10.8 Å². The van der Waals surface area contributed by atoms with Crippen LogP contribution < -0.4 is 4.74 Å². The first kappa shape index (κ1) is 23.2. The van der Waals surface area contributed by atoms with Crippen molar-refractivity contribution < 1.29 is 4.74 Å². The Labute approximate surface area is 190 Å². The average Bonchev–Trinajstić information content (AvgIpc) is 2.91. The number of methoxy groups -OCH3 is 1. The molecule has 3 heteroatoms. The number of hydrogen-bond acceptors (Lipinski definition) is 1. The highest BCUT2D eigenvalue weighted by Crippen LogP contribution is 2.52. The van der Waals surface area contributed by atoms with Crippen molar-refractivity contribution in [3.05, 3.63) is 58.2 Å². The molecular formula is C27H37ClOSi. The lowest BCUT2D eigenvalue weighted by Crippen LogP contribution is -2.17. The lowest BCUT2D eigenvalue weighted by Gasteiger charge is -2.27. The quantitative estimate of drug-likeness (QED) is 0.438. The van der Waals surface area contributed by atoms with Crippen LogP contribution in [0.1, 0.15) is 76.3 Å². The smallest absolute Gasteiger partial charge is 0.123 e. The van der Waals surface area contributed by atoms with E-state index in [-0.39, 0.29) is 10.8 Å². The molecule has 3 rings (SSSR count). The summed E-state index contributed by atoms with van der Waals surface area (Å²) < 4.78 is 5.82. The van der Waals surface area contributed by atoms with Gasteiger partial charge in [-0.25, -0.2) is 0 Å². The maximum atomic E-state index is 7.02. The van der Waals surface area contributed by atoms with Crippen molar-refractivity contribution in [3.8, 4) is 16.9 Å². The van der Waals surface area contributed by atoms with Crippen LogP contribution in [0.25, 0.3) is 16.2 Å². The largest absolute Gasteiger partial charge is 0.496 e. The van der Waals surface area contributed by atoms with Crippen LogP contribution in [0.3, 0.4) is 0 Å². The second-order valence-electron chi connectivity index (χ2n) is 11.1. The van der Waals surface area contributed by atoms with E-state index in [0.29, 0.717) is 5.54 Å². The SMILES string of the molecule is COc1ccc(-c2cc(C(C)(C)C)cc(C(C)(C)C)c2)c2c1C([SiH](C)C)C(C)=C2Cl. The molecule has 0 radical (unpaired) electrons. The first-order valence-corrected chi connectivity index (χ1v) is 14.4. The van der Waals surface area contributed by atoms with Crippen molar-refractivity contribution in [2.75, 3.05) is 7.11 Å². The third-order valence-electron chi connectivity index (χ3n) is 6.41. The Kier molecular flexibility index (Phi) is 6.08. The summed E-state index contributed by atoms with van der Waals surface area (Å²) in [4.78, 5) is 0. The minimum absolute atomic E-state index is 0.0780. The highest BCUT2D eigenvalue weighted by atomic mass is 35.5. The fourth-order valence-corrected chi connectivity index (χ4v) is 7.19. The van der Waals surface area contributed by atoms with Crippen LogP contribution >= 0.6 is 11.6 Å². The number of rotatable bonds is 3. The van der Waals surface area contributed by atoms with Crippen LogP contribution in [0.5, 0.6) is 5.75 Å². The summed E-state index contributed by atoms with van der Waals surface area (Å²) in [6.07, 6.45) is 0. The monoisotopic (exact) mass is 440 g/mol. The molecular weight excluding hydrogens is 404 g/mol. The molecule has 0 saturated heterocycles. The Morgan fingerprint density at radius 2 is 1.43 bits per heavy atom. The van der Waals surface area contributed by atoms with Gasteiger partial charge < -0.3 is 4.74 Å². The number of ether oxygens (including phenoxy) is 1. The fraction of sp³-hybridized carbons (Fsp3) is 0.481. The van der Waals surface area contributed by atoms with Gasteiger partial charge in [-0.15, -0.1) is 0 Å². The zero-order valence-electron chi connectivity index (χ0n) is 20.3. The topological polar surface area (TPSA) is 9.23 Å². The molecule has 0 amide bonds. The molecule has 1 aliphatic rings. The van der Waals surface area contributed by atoms with Gasteiger partial charge in [-0.2, -0.15) is 0 Å². The second-order valence-corrected chi connectivity index (χ2v) is 14.7. The van der Waals surface area contributed by atoms with E-state index in [1.807, 2.05) is 0 Å².